The zero-order valence-corrected chi connectivity index (χ0v) is 9.86. The number of aryl methyl sites for hydroxylation is 1. The largest absolute Gasteiger partial charge is 0.382 e. The molecule has 1 rings (SSSR count). The number of hydrogen-bond acceptors (Lipinski definition) is 3. The van der Waals surface area contributed by atoms with Crippen LogP contribution in [0.3, 0.4) is 0 Å². The highest BCUT2D eigenvalue weighted by Gasteiger charge is 2.00. The van der Waals surface area contributed by atoms with Gasteiger partial charge in [-0.2, -0.15) is 5.10 Å². The lowest BCUT2D eigenvalue weighted by molar-refractivity contribution is 0.113. The highest BCUT2D eigenvalue weighted by atomic mass is 16.5. The lowest BCUT2D eigenvalue weighted by Crippen LogP contribution is -2.10. The number of nitrogen functional groups attached to an aromatic ring is 1. The molecule has 86 valence electrons. The highest BCUT2D eigenvalue weighted by molar-refractivity contribution is 5.28. The Labute approximate surface area is 91.4 Å². The van der Waals surface area contributed by atoms with E-state index in [-0.39, 0.29) is 0 Å². The van der Waals surface area contributed by atoms with Gasteiger partial charge in [-0.1, -0.05) is 13.8 Å². The molecule has 0 fully saturated rings. The molecule has 0 radical (unpaired) electrons. The first-order valence-corrected chi connectivity index (χ1v) is 5.47. The number of nitrogens with two attached hydrogens (primary N) is 1. The number of anilines is 1. The van der Waals surface area contributed by atoms with E-state index in [1.807, 2.05) is 17.7 Å². The van der Waals surface area contributed by atoms with Gasteiger partial charge in [0.05, 0.1) is 13.2 Å². The Kier molecular flexibility index (Phi) is 4.62. The zero-order valence-electron chi connectivity index (χ0n) is 9.86. The van der Waals surface area contributed by atoms with Gasteiger partial charge in [-0.05, 0) is 19.3 Å². The van der Waals surface area contributed by atoms with Crippen molar-refractivity contribution >= 4 is 5.82 Å². The summed E-state index contributed by atoms with van der Waals surface area (Å²) in [5.74, 6) is 1.28. The Morgan fingerprint density at radius 3 is 2.73 bits per heavy atom. The van der Waals surface area contributed by atoms with Crippen LogP contribution in [0.4, 0.5) is 5.82 Å². The number of rotatable bonds is 6. The third-order valence-corrected chi connectivity index (χ3v) is 2.29. The lowest BCUT2D eigenvalue weighted by atomic mass is 10.1. The minimum Gasteiger partial charge on any atom is -0.382 e. The maximum atomic E-state index is 5.58. The molecule has 0 bridgehead atoms. The standard InChI is InChI=1S/C11H21N3O/c1-9(2)4-6-15-7-5-14-10(3)8-11(12)13-14/h8-9H,4-7H2,1-3H3,(H2,12,13). The molecule has 0 aliphatic heterocycles. The van der Waals surface area contributed by atoms with Crippen LogP contribution >= 0.6 is 0 Å². The predicted molar refractivity (Wildman–Crippen MR) is 61.7 cm³/mol. The minimum atomic E-state index is 0.578. The average molecular weight is 211 g/mol. The summed E-state index contributed by atoms with van der Waals surface area (Å²) in [7, 11) is 0. The van der Waals surface area contributed by atoms with Gasteiger partial charge >= 0.3 is 0 Å². The molecule has 0 amide bonds. The second kappa shape index (κ2) is 5.75. The van der Waals surface area contributed by atoms with Crippen molar-refractivity contribution in [1.29, 1.82) is 0 Å². The molecule has 4 heteroatoms. The SMILES string of the molecule is Cc1cc(N)nn1CCOCCC(C)C. The zero-order chi connectivity index (χ0) is 11.3. The number of hydrogen-bond donors (Lipinski definition) is 1. The van der Waals surface area contributed by atoms with E-state index < -0.39 is 0 Å². The molecular weight excluding hydrogens is 190 g/mol. The van der Waals surface area contributed by atoms with Crippen LogP contribution in [0.15, 0.2) is 6.07 Å². The minimum absolute atomic E-state index is 0.578. The highest BCUT2D eigenvalue weighted by Crippen LogP contribution is 2.04. The predicted octanol–water partition coefficient (Wildman–Crippen LogP) is 1.84. The first-order chi connectivity index (χ1) is 7.09. The summed E-state index contributed by atoms with van der Waals surface area (Å²) in [5, 5.41) is 4.16. The van der Waals surface area contributed by atoms with Crippen molar-refractivity contribution in [2.45, 2.75) is 33.7 Å². The number of ether oxygens (including phenoxy) is 1. The molecule has 15 heavy (non-hydrogen) atoms. The molecule has 0 saturated carbocycles. The smallest absolute Gasteiger partial charge is 0.145 e. The second-order valence-corrected chi connectivity index (χ2v) is 4.23. The van der Waals surface area contributed by atoms with Crippen LogP contribution in [0.25, 0.3) is 0 Å². The molecule has 1 heterocycles. The van der Waals surface area contributed by atoms with E-state index in [9.17, 15) is 0 Å². The van der Waals surface area contributed by atoms with Gasteiger partial charge in [-0.25, -0.2) is 0 Å². The van der Waals surface area contributed by atoms with Crippen LogP contribution in [-0.2, 0) is 11.3 Å². The monoisotopic (exact) mass is 211 g/mol. The topological polar surface area (TPSA) is 53.1 Å². The van der Waals surface area contributed by atoms with Crippen molar-refractivity contribution in [3.8, 4) is 0 Å². The Bertz CT molecular complexity index is 294. The maximum absolute atomic E-state index is 5.58. The molecule has 0 atom stereocenters. The molecule has 0 aromatic carbocycles. The van der Waals surface area contributed by atoms with Gasteiger partial charge in [0.25, 0.3) is 0 Å². The van der Waals surface area contributed by atoms with E-state index in [1.54, 1.807) is 0 Å². The third kappa shape index (κ3) is 4.34. The van der Waals surface area contributed by atoms with Crippen molar-refractivity contribution in [1.82, 2.24) is 9.78 Å². The maximum Gasteiger partial charge on any atom is 0.145 e. The van der Waals surface area contributed by atoms with Gasteiger partial charge in [0, 0.05) is 18.4 Å². The summed E-state index contributed by atoms with van der Waals surface area (Å²) in [6.07, 6.45) is 1.11. The third-order valence-electron chi connectivity index (χ3n) is 2.29. The molecular formula is C11H21N3O. The fourth-order valence-corrected chi connectivity index (χ4v) is 1.33. The number of nitrogens with zero attached hydrogens (tertiary/aromatic N) is 2. The van der Waals surface area contributed by atoms with Crippen molar-refractivity contribution in [2.75, 3.05) is 18.9 Å². The molecule has 1 aromatic rings. The molecule has 0 unspecified atom stereocenters. The average Bonchev–Trinajstić information content (AvgIpc) is 2.44. The molecule has 0 aliphatic rings. The van der Waals surface area contributed by atoms with Crippen LogP contribution in [0, 0.1) is 12.8 Å². The summed E-state index contributed by atoms with van der Waals surface area (Å²) in [6, 6.07) is 1.87. The fraction of sp³-hybridized carbons (Fsp3) is 0.727. The first kappa shape index (κ1) is 12.0. The lowest BCUT2D eigenvalue weighted by Gasteiger charge is -2.07. The van der Waals surface area contributed by atoms with Gasteiger partial charge in [0.2, 0.25) is 0 Å². The Morgan fingerprint density at radius 1 is 1.47 bits per heavy atom. The van der Waals surface area contributed by atoms with Crippen LogP contribution in [0.1, 0.15) is 26.0 Å². The van der Waals surface area contributed by atoms with E-state index in [2.05, 4.69) is 18.9 Å². The fourth-order valence-electron chi connectivity index (χ4n) is 1.33. The molecule has 0 saturated heterocycles. The van der Waals surface area contributed by atoms with Gasteiger partial charge in [0.15, 0.2) is 0 Å². The van der Waals surface area contributed by atoms with Gasteiger partial charge in [-0.15, -0.1) is 0 Å². The quantitative estimate of drug-likeness (QED) is 0.730. The molecule has 2 N–H and O–H groups in total. The summed E-state index contributed by atoms with van der Waals surface area (Å²) in [5.41, 5.74) is 6.66. The molecule has 1 aromatic heterocycles. The summed E-state index contributed by atoms with van der Waals surface area (Å²) in [4.78, 5) is 0. The van der Waals surface area contributed by atoms with Crippen LogP contribution in [0.5, 0.6) is 0 Å². The van der Waals surface area contributed by atoms with Crippen LogP contribution in [0.2, 0.25) is 0 Å². The number of aromatic nitrogens is 2. The summed E-state index contributed by atoms with van der Waals surface area (Å²) < 4.78 is 7.39. The van der Waals surface area contributed by atoms with Crippen molar-refractivity contribution in [3.63, 3.8) is 0 Å². The van der Waals surface area contributed by atoms with Crippen LogP contribution < -0.4 is 5.73 Å². The second-order valence-electron chi connectivity index (χ2n) is 4.23. The summed E-state index contributed by atoms with van der Waals surface area (Å²) >= 11 is 0. The van der Waals surface area contributed by atoms with Crippen molar-refractivity contribution in [3.05, 3.63) is 11.8 Å². The summed E-state index contributed by atoms with van der Waals surface area (Å²) in [6.45, 7) is 8.70. The van der Waals surface area contributed by atoms with E-state index in [0.717, 1.165) is 25.3 Å². The molecule has 0 spiro atoms. The Hall–Kier alpha value is -1.03. The molecule has 0 aliphatic carbocycles. The van der Waals surface area contributed by atoms with Crippen LogP contribution in [-0.4, -0.2) is 23.0 Å². The van der Waals surface area contributed by atoms with E-state index >= 15 is 0 Å². The Balaban J connectivity index is 2.17. The Morgan fingerprint density at radius 2 is 2.20 bits per heavy atom. The first-order valence-electron chi connectivity index (χ1n) is 5.47. The van der Waals surface area contributed by atoms with Crippen molar-refractivity contribution < 1.29 is 4.74 Å². The van der Waals surface area contributed by atoms with Gasteiger partial charge < -0.3 is 10.5 Å². The van der Waals surface area contributed by atoms with E-state index in [4.69, 9.17) is 10.5 Å². The van der Waals surface area contributed by atoms with Gasteiger partial charge in [0.1, 0.15) is 5.82 Å². The van der Waals surface area contributed by atoms with E-state index in [1.165, 1.54) is 0 Å². The van der Waals surface area contributed by atoms with E-state index in [0.29, 0.717) is 18.3 Å². The van der Waals surface area contributed by atoms with Gasteiger partial charge in [-0.3, -0.25) is 4.68 Å². The molecule has 4 nitrogen and oxygen atoms in total. The van der Waals surface area contributed by atoms with Crippen molar-refractivity contribution in [2.24, 2.45) is 5.92 Å². The normalized spacial score (nSPS) is 11.2.